The van der Waals surface area contributed by atoms with Gasteiger partial charge < -0.3 is 16.4 Å². The molecule has 1 atom stereocenters. The molecule has 0 saturated heterocycles. The average molecular weight is 503 g/mol. The number of carbonyl (C=O) groups is 1. The van der Waals surface area contributed by atoms with Gasteiger partial charge in [0.15, 0.2) is 5.13 Å². The summed E-state index contributed by atoms with van der Waals surface area (Å²) in [5, 5.41) is 12.1. The summed E-state index contributed by atoms with van der Waals surface area (Å²) in [6.45, 7) is 2.05. The van der Waals surface area contributed by atoms with E-state index in [9.17, 15) is 4.79 Å². The van der Waals surface area contributed by atoms with Crippen molar-refractivity contribution in [2.75, 3.05) is 31.2 Å². The van der Waals surface area contributed by atoms with Crippen molar-refractivity contribution in [3.8, 4) is 11.3 Å². The van der Waals surface area contributed by atoms with Crippen LogP contribution in [0.5, 0.6) is 0 Å². The minimum Gasteiger partial charge on any atom is -0.399 e. The Kier molecular flexibility index (Phi) is 7.08. The predicted octanol–water partition coefficient (Wildman–Crippen LogP) is 3.03. The Balaban J connectivity index is 1.23. The zero-order valence-corrected chi connectivity index (χ0v) is 21.0. The predicted molar refractivity (Wildman–Crippen MR) is 143 cm³/mol. The summed E-state index contributed by atoms with van der Waals surface area (Å²) in [5.41, 5.74) is 16.6. The number of aryl methyl sites for hydroxylation is 1. The number of amides is 1. The molecule has 1 aliphatic rings. The van der Waals surface area contributed by atoms with Crippen molar-refractivity contribution in [2.24, 2.45) is 5.73 Å². The number of aromatic nitrogens is 4. The molecule has 186 valence electrons. The first-order chi connectivity index (χ1) is 17.5. The highest BCUT2D eigenvalue weighted by atomic mass is 32.1. The second-order valence-corrected chi connectivity index (χ2v) is 10.2. The first-order valence-corrected chi connectivity index (χ1v) is 12.9. The van der Waals surface area contributed by atoms with Gasteiger partial charge in [0.25, 0.3) is 5.91 Å². The summed E-state index contributed by atoms with van der Waals surface area (Å²) in [6.07, 6.45) is 4.82. The molecule has 1 aliphatic carbocycles. The van der Waals surface area contributed by atoms with Gasteiger partial charge in [0.2, 0.25) is 0 Å². The fraction of sp³-hybridized carbons (Fsp3) is 0.308. The lowest BCUT2D eigenvalue weighted by atomic mass is 9.96. The maximum Gasteiger partial charge on any atom is 0.257 e. The Morgan fingerprint density at radius 1 is 1.25 bits per heavy atom. The SMILES string of the molecule is CN(CCN)[C@H]1CCc2nc(NC(=O)c3cccc(Cn4cc(-c5ccc(N)cc5)nn4)c3)sc2C1. The van der Waals surface area contributed by atoms with Gasteiger partial charge in [-0.2, -0.15) is 0 Å². The van der Waals surface area contributed by atoms with Crippen molar-refractivity contribution in [1.29, 1.82) is 0 Å². The van der Waals surface area contributed by atoms with Gasteiger partial charge in [-0.25, -0.2) is 9.67 Å². The van der Waals surface area contributed by atoms with Crippen molar-refractivity contribution >= 4 is 28.1 Å². The van der Waals surface area contributed by atoms with Crippen molar-refractivity contribution in [2.45, 2.75) is 31.8 Å². The maximum atomic E-state index is 13.0. The molecule has 36 heavy (non-hydrogen) atoms. The molecule has 1 amide bonds. The summed E-state index contributed by atoms with van der Waals surface area (Å²) >= 11 is 1.57. The van der Waals surface area contributed by atoms with E-state index in [2.05, 4.69) is 27.6 Å². The van der Waals surface area contributed by atoms with E-state index in [0.29, 0.717) is 35.5 Å². The monoisotopic (exact) mass is 502 g/mol. The molecule has 10 heteroatoms. The number of likely N-dealkylation sites (N-methyl/N-ethyl adjacent to an activating group) is 1. The third-order valence-corrected chi connectivity index (χ3v) is 7.55. The van der Waals surface area contributed by atoms with Crippen LogP contribution in [0, 0.1) is 0 Å². The van der Waals surface area contributed by atoms with Crippen LogP contribution in [0.2, 0.25) is 0 Å². The Hall–Kier alpha value is -3.60. The first kappa shape index (κ1) is 24.1. The van der Waals surface area contributed by atoms with Gasteiger partial charge in [0.1, 0.15) is 5.69 Å². The summed E-state index contributed by atoms with van der Waals surface area (Å²) in [6, 6.07) is 15.5. The van der Waals surface area contributed by atoms with Crippen molar-refractivity contribution in [3.05, 3.63) is 76.4 Å². The molecular formula is C26H30N8OS. The normalized spacial score (nSPS) is 15.1. The number of nitrogens with one attached hydrogen (secondary N) is 1. The van der Waals surface area contributed by atoms with Crippen LogP contribution in [0.4, 0.5) is 10.8 Å². The molecule has 0 aliphatic heterocycles. The number of thiazole rings is 1. The highest BCUT2D eigenvalue weighted by Crippen LogP contribution is 2.31. The van der Waals surface area contributed by atoms with Crippen LogP contribution < -0.4 is 16.8 Å². The summed E-state index contributed by atoms with van der Waals surface area (Å²) in [4.78, 5) is 21.3. The summed E-state index contributed by atoms with van der Waals surface area (Å²) in [5.74, 6) is -0.166. The summed E-state index contributed by atoms with van der Waals surface area (Å²) < 4.78 is 1.76. The third-order valence-electron chi connectivity index (χ3n) is 6.52. The molecule has 0 saturated carbocycles. The van der Waals surface area contributed by atoms with E-state index in [0.717, 1.165) is 48.3 Å². The second kappa shape index (κ2) is 10.6. The Morgan fingerprint density at radius 3 is 2.89 bits per heavy atom. The molecule has 2 heterocycles. The fourth-order valence-corrected chi connectivity index (χ4v) is 5.58. The number of hydrogen-bond donors (Lipinski definition) is 3. The first-order valence-electron chi connectivity index (χ1n) is 12.0. The van der Waals surface area contributed by atoms with Crippen LogP contribution in [0.25, 0.3) is 11.3 Å². The van der Waals surface area contributed by atoms with Gasteiger partial charge in [0, 0.05) is 40.8 Å². The number of carbonyl (C=O) groups excluding carboxylic acids is 1. The van der Waals surface area contributed by atoms with E-state index in [4.69, 9.17) is 16.5 Å². The van der Waals surface area contributed by atoms with Gasteiger partial charge >= 0.3 is 0 Å². The molecule has 5 N–H and O–H groups in total. The largest absolute Gasteiger partial charge is 0.399 e. The lowest BCUT2D eigenvalue weighted by Crippen LogP contribution is -2.38. The molecule has 0 fully saturated rings. The Morgan fingerprint density at radius 2 is 2.08 bits per heavy atom. The molecule has 4 aromatic rings. The van der Waals surface area contributed by atoms with Crippen LogP contribution in [0.15, 0.2) is 54.7 Å². The number of hydrogen-bond acceptors (Lipinski definition) is 8. The minimum atomic E-state index is -0.166. The fourth-order valence-electron chi connectivity index (χ4n) is 4.50. The molecule has 5 rings (SSSR count). The Labute approximate surface area is 214 Å². The van der Waals surface area contributed by atoms with Gasteiger partial charge in [-0.3, -0.25) is 10.1 Å². The highest BCUT2D eigenvalue weighted by Gasteiger charge is 2.25. The van der Waals surface area contributed by atoms with Gasteiger partial charge in [-0.1, -0.05) is 29.5 Å². The van der Waals surface area contributed by atoms with E-state index in [1.165, 1.54) is 4.88 Å². The van der Waals surface area contributed by atoms with E-state index in [1.807, 2.05) is 54.7 Å². The highest BCUT2D eigenvalue weighted by molar-refractivity contribution is 7.15. The van der Waals surface area contributed by atoms with Crippen LogP contribution in [0.3, 0.4) is 0 Å². The summed E-state index contributed by atoms with van der Waals surface area (Å²) in [7, 11) is 2.12. The van der Waals surface area contributed by atoms with E-state index >= 15 is 0 Å². The molecule has 9 nitrogen and oxygen atoms in total. The smallest absolute Gasteiger partial charge is 0.257 e. The molecule has 0 bridgehead atoms. The van der Waals surface area contributed by atoms with E-state index < -0.39 is 0 Å². The van der Waals surface area contributed by atoms with Gasteiger partial charge in [-0.05, 0) is 56.1 Å². The van der Waals surface area contributed by atoms with E-state index in [-0.39, 0.29) is 5.91 Å². The molecule has 0 spiro atoms. The van der Waals surface area contributed by atoms with Crippen LogP contribution in [-0.2, 0) is 19.4 Å². The zero-order valence-electron chi connectivity index (χ0n) is 20.2. The number of benzene rings is 2. The third kappa shape index (κ3) is 5.46. The molecule has 0 unspecified atom stereocenters. The molecular weight excluding hydrogens is 472 g/mol. The van der Waals surface area contributed by atoms with Crippen molar-refractivity contribution < 1.29 is 4.79 Å². The van der Waals surface area contributed by atoms with Gasteiger partial charge in [-0.15, -0.1) is 16.4 Å². The maximum absolute atomic E-state index is 13.0. The number of nitrogens with zero attached hydrogens (tertiary/aromatic N) is 5. The van der Waals surface area contributed by atoms with Gasteiger partial charge in [0.05, 0.1) is 18.4 Å². The lowest BCUT2D eigenvalue weighted by molar-refractivity contribution is 0.102. The molecule has 2 aromatic heterocycles. The number of rotatable bonds is 8. The standard InChI is InChI=1S/C26H30N8OS/c1-33(12-11-27)21-9-10-22-24(14-21)36-26(29-22)30-25(35)19-4-2-3-17(13-19)15-34-16-23(31-32-34)18-5-7-20(28)8-6-18/h2-8,13,16,21H,9-12,14-15,27-28H2,1H3,(H,29,30,35)/t21-/m0/s1. The average Bonchev–Trinajstić information content (AvgIpc) is 3.51. The number of anilines is 2. The quantitative estimate of drug-likeness (QED) is 0.316. The minimum absolute atomic E-state index is 0.166. The van der Waals surface area contributed by atoms with Crippen LogP contribution >= 0.6 is 11.3 Å². The lowest BCUT2D eigenvalue weighted by Gasteiger charge is -2.30. The topological polar surface area (TPSA) is 128 Å². The molecule has 0 radical (unpaired) electrons. The van der Waals surface area contributed by atoms with Crippen LogP contribution in [-0.4, -0.2) is 57.0 Å². The molecule has 2 aromatic carbocycles. The number of nitrogen functional groups attached to an aromatic ring is 1. The van der Waals surface area contributed by atoms with Crippen molar-refractivity contribution in [3.63, 3.8) is 0 Å². The zero-order chi connectivity index (χ0) is 25.1. The van der Waals surface area contributed by atoms with Crippen molar-refractivity contribution in [1.82, 2.24) is 24.9 Å². The Bertz CT molecular complexity index is 1350. The second-order valence-electron chi connectivity index (χ2n) is 9.13. The van der Waals surface area contributed by atoms with E-state index in [1.54, 1.807) is 16.0 Å². The number of nitrogens with two attached hydrogens (primary N) is 2. The van der Waals surface area contributed by atoms with Crippen LogP contribution in [0.1, 0.15) is 32.9 Å². The number of fused-ring (bicyclic) bond motifs is 1.